The van der Waals surface area contributed by atoms with Crippen molar-refractivity contribution >= 4 is 11.7 Å². The van der Waals surface area contributed by atoms with Crippen molar-refractivity contribution in [3.05, 3.63) is 78.4 Å². The molecule has 0 saturated carbocycles. The lowest BCUT2D eigenvalue weighted by Gasteiger charge is -2.32. The fourth-order valence-electron chi connectivity index (χ4n) is 3.63. The van der Waals surface area contributed by atoms with Gasteiger partial charge in [0.25, 0.3) is 0 Å². The zero-order valence-corrected chi connectivity index (χ0v) is 16.1. The third kappa shape index (κ3) is 4.77. The van der Waals surface area contributed by atoms with Crippen LogP contribution in [0.25, 0.3) is 11.3 Å². The molecule has 1 saturated heterocycles. The molecule has 1 amide bonds. The highest BCUT2D eigenvalue weighted by molar-refractivity contribution is 5.79. The second-order valence-corrected chi connectivity index (χ2v) is 7.24. The molecule has 3 aromatic rings. The molecule has 1 N–H and O–H groups in total. The number of carbonyl (C=O) groups is 1. The standard InChI is InChI=1S/C23H23FN4O/c24-20-8-4-7-19(13-20)21-14-22(27-16-26-21)28-11-9-18(10-12-28)23(29)25-15-17-5-2-1-3-6-17/h1-8,13-14,16,18H,9-12,15H2,(H,25,29). The van der Waals surface area contributed by atoms with Gasteiger partial charge in [0.2, 0.25) is 5.91 Å². The van der Waals surface area contributed by atoms with Crippen LogP contribution in [-0.4, -0.2) is 29.0 Å². The predicted octanol–water partition coefficient (Wildman–Crippen LogP) is 3.82. The van der Waals surface area contributed by atoms with Gasteiger partial charge in [0.05, 0.1) is 5.69 Å². The Hall–Kier alpha value is -3.28. The summed E-state index contributed by atoms with van der Waals surface area (Å²) in [7, 11) is 0. The molecule has 2 aromatic carbocycles. The zero-order chi connectivity index (χ0) is 20.1. The molecule has 148 valence electrons. The molecule has 1 aromatic heterocycles. The van der Waals surface area contributed by atoms with E-state index in [0.717, 1.165) is 42.9 Å². The predicted molar refractivity (Wildman–Crippen MR) is 111 cm³/mol. The number of benzene rings is 2. The molecule has 4 rings (SSSR count). The van der Waals surface area contributed by atoms with Crippen LogP contribution in [0.2, 0.25) is 0 Å². The largest absolute Gasteiger partial charge is 0.356 e. The van der Waals surface area contributed by atoms with Crippen LogP contribution in [0.4, 0.5) is 10.2 Å². The van der Waals surface area contributed by atoms with E-state index in [1.165, 1.54) is 18.5 Å². The van der Waals surface area contributed by atoms with Gasteiger partial charge in [-0.1, -0.05) is 42.5 Å². The molecule has 2 heterocycles. The first-order valence-corrected chi connectivity index (χ1v) is 9.83. The summed E-state index contributed by atoms with van der Waals surface area (Å²) in [5, 5.41) is 3.04. The van der Waals surface area contributed by atoms with Crippen LogP contribution >= 0.6 is 0 Å². The summed E-state index contributed by atoms with van der Waals surface area (Å²) < 4.78 is 13.5. The van der Waals surface area contributed by atoms with Gasteiger partial charge in [-0.2, -0.15) is 0 Å². The molecule has 1 fully saturated rings. The maximum Gasteiger partial charge on any atom is 0.223 e. The molecule has 0 bridgehead atoms. The number of nitrogens with one attached hydrogen (secondary N) is 1. The lowest BCUT2D eigenvalue weighted by Crippen LogP contribution is -2.40. The van der Waals surface area contributed by atoms with Gasteiger partial charge in [-0.3, -0.25) is 4.79 Å². The van der Waals surface area contributed by atoms with E-state index in [2.05, 4.69) is 20.2 Å². The van der Waals surface area contributed by atoms with E-state index in [0.29, 0.717) is 12.2 Å². The number of halogens is 1. The Labute approximate surface area is 169 Å². The van der Waals surface area contributed by atoms with Gasteiger partial charge in [0.1, 0.15) is 18.0 Å². The van der Waals surface area contributed by atoms with Gasteiger partial charge in [0.15, 0.2) is 0 Å². The molecule has 0 radical (unpaired) electrons. The Morgan fingerprint density at radius 1 is 1.03 bits per heavy atom. The summed E-state index contributed by atoms with van der Waals surface area (Å²) in [4.78, 5) is 23.3. The molecule has 6 heteroatoms. The van der Waals surface area contributed by atoms with E-state index >= 15 is 0 Å². The van der Waals surface area contributed by atoms with Crippen molar-refractivity contribution in [1.82, 2.24) is 15.3 Å². The van der Waals surface area contributed by atoms with Crippen molar-refractivity contribution in [2.24, 2.45) is 5.92 Å². The summed E-state index contributed by atoms with van der Waals surface area (Å²) >= 11 is 0. The van der Waals surface area contributed by atoms with Gasteiger partial charge < -0.3 is 10.2 Å². The number of piperidine rings is 1. The lowest BCUT2D eigenvalue weighted by atomic mass is 9.95. The number of hydrogen-bond donors (Lipinski definition) is 1. The molecule has 1 aliphatic rings. The van der Waals surface area contributed by atoms with Crippen molar-refractivity contribution in [3.8, 4) is 11.3 Å². The molecule has 0 atom stereocenters. The maximum atomic E-state index is 13.5. The highest BCUT2D eigenvalue weighted by atomic mass is 19.1. The van der Waals surface area contributed by atoms with Crippen LogP contribution in [0.15, 0.2) is 67.0 Å². The van der Waals surface area contributed by atoms with Crippen molar-refractivity contribution in [3.63, 3.8) is 0 Å². The number of nitrogens with zero attached hydrogens (tertiary/aromatic N) is 3. The summed E-state index contributed by atoms with van der Waals surface area (Å²) in [6.07, 6.45) is 3.06. The molecular weight excluding hydrogens is 367 g/mol. The maximum absolute atomic E-state index is 13.5. The Balaban J connectivity index is 1.35. The van der Waals surface area contributed by atoms with Gasteiger partial charge in [-0.25, -0.2) is 14.4 Å². The minimum Gasteiger partial charge on any atom is -0.356 e. The quantitative estimate of drug-likeness (QED) is 0.720. The second-order valence-electron chi connectivity index (χ2n) is 7.24. The van der Waals surface area contributed by atoms with Crippen LogP contribution in [0.5, 0.6) is 0 Å². The SMILES string of the molecule is O=C(NCc1ccccc1)C1CCN(c2cc(-c3cccc(F)c3)ncn2)CC1. The summed E-state index contributed by atoms with van der Waals surface area (Å²) in [6, 6.07) is 18.2. The van der Waals surface area contributed by atoms with E-state index in [1.54, 1.807) is 6.07 Å². The van der Waals surface area contributed by atoms with Gasteiger partial charge >= 0.3 is 0 Å². The fraction of sp³-hybridized carbons (Fsp3) is 0.261. The number of anilines is 1. The van der Waals surface area contributed by atoms with Gasteiger partial charge in [-0.15, -0.1) is 0 Å². The Morgan fingerprint density at radius 2 is 1.83 bits per heavy atom. The first-order chi connectivity index (χ1) is 14.2. The number of carbonyl (C=O) groups excluding carboxylic acids is 1. The molecule has 0 aliphatic carbocycles. The van der Waals surface area contributed by atoms with Crippen molar-refractivity contribution < 1.29 is 9.18 Å². The summed E-state index contributed by atoms with van der Waals surface area (Å²) in [5.41, 5.74) is 2.52. The van der Waals surface area contributed by atoms with Crippen molar-refractivity contribution in [2.45, 2.75) is 19.4 Å². The van der Waals surface area contributed by atoms with E-state index in [1.807, 2.05) is 42.5 Å². The van der Waals surface area contributed by atoms with E-state index < -0.39 is 0 Å². The monoisotopic (exact) mass is 390 g/mol. The average molecular weight is 390 g/mol. The first-order valence-electron chi connectivity index (χ1n) is 9.83. The fourth-order valence-corrected chi connectivity index (χ4v) is 3.63. The minimum absolute atomic E-state index is 0.0134. The second kappa shape index (κ2) is 8.82. The number of aromatic nitrogens is 2. The molecular formula is C23H23FN4O. The number of rotatable bonds is 5. The van der Waals surface area contributed by atoms with E-state index in [-0.39, 0.29) is 17.6 Å². The molecule has 5 nitrogen and oxygen atoms in total. The van der Waals surface area contributed by atoms with Crippen LogP contribution in [-0.2, 0) is 11.3 Å². The van der Waals surface area contributed by atoms with Crippen LogP contribution in [0, 0.1) is 11.7 Å². The molecule has 1 aliphatic heterocycles. The zero-order valence-electron chi connectivity index (χ0n) is 16.1. The topological polar surface area (TPSA) is 58.1 Å². The van der Waals surface area contributed by atoms with Crippen LogP contribution < -0.4 is 10.2 Å². The Morgan fingerprint density at radius 3 is 2.59 bits per heavy atom. The molecule has 0 unspecified atom stereocenters. The average Bonchev–Trinajstić information content (AvgIpc) is 2.78. The molecule has 0 spiro atoms. The third-order valence-electron chi connectivity index (χ3n) is 5.27. The third-order valence-corrected chi connectivity index (χ3v) is 5.27. The Kier molecular flexibility index (Phi) is 5.79. The first kappa shape index (κ1) is 19.1. The van der Waals surface area contributed by atoms with E-state index in [4.69, 9.17) is 0 Å². The van der Waals surface area contributed by atoms with Crippen molar-refractivity contribution in [1.29, 1.82) is 0 Å². The minimum atomic E-state index is -0.287. The lowest BCUT2D eigenvalue weighted by molar-refractivity contribution is -0.125. The van der Waals surface area contributed by atoms with E-state index in [9.17, 15) is 9.18 Å². The van der Waals surface area contributed by atoms with Crippen LogP contribution in [0.3, 0.4) is 0 Å². The summed E-state index contributed by atoms with van der Waals surface area (Å²) in [6.45, 7) is 2.06. The Bertz CT molecular complexity index is 971. The number of hydrogen-bond acceptors (Lipinski definition) is 4. The molecule has 29 heavy (non-hydrogen) atoms. The van der Waals surface area contributed by atoms with Crippen LogP contribution in [0.1, 0.15) is 18.4 Å². The normalized spacial score (nSPS) is 14.6. The summed E-state index contributed by atoms with van der Waals surface area (Å²) in [5.74, 6) is 0.642. The van der Waals surface area contributed by atoms with Gasteiger partial charge in [-0.05, 0) is 30.5 Å². The highest BCUT2D eigenvalue weighted by Gasteiger charge is 2.25. The van der Waals surface area contributed by atoms with Crippen molar-refractivity contribution in [2.75, 3.05) is 18.0 Å². The number of amides is 1. The smallest absolute Gasteiger partial charge is 0.223 e. The van der Waals surface area contributed by atoms with Gasteiger partial charge in [0, 0.05) is 37.2 Å². The highest BCUT2D eigenvalue weighted by Crippen LogP contribution is 2.25.